The van der Waals surface area contributed by atoms with Gasteiger partial charge in [0, 0.05) is 32.1 Å². The quantitative estimate of drug-likeness (QED) is 0.0398. The van der Waals surface area contributed by atoms with Gasteiger partial charge in [0.2, 0.25) is 88.6 Å². The van der Waals surface area contributed by atoms with Crippen LogP contribution in [0.5, 0.6) is 5.75 Å². The number of phenolic OH excluding ortho intramolecular Hbond substituents is 1. The van der Waals surface area contributed by atoms with Gasteiger partial charge < -0.3 is 111 Å². The van der Waals surface area contributed by atoms with Crippen molar-refractivity contribution in [2.45, 2.75) is 203 Å². The molecule has 1 aliphatic carbocycles. The number of carboxylic acids is 4. The minimum atomic E-state index is -2.22. The second kappa shape index (κ2) is 41.9. The maximum absolute atomic E-state index is 15.5. The molecule has 1 saturated carbocycles. The van der Waals surface area contributed by atoms with Crippen molar-refractivity contribution in [3.63, 3.8) is 0 Å². The summed E-state index contributed by atoms with van der Waals surface area (Å²) >= 11 is 0. The summed E-state index contributed by atoms with van der Waals surface area (Å²) in [7, 11) is 1.31. The first-order valence-electron chi connectivity index (χ1n) is 37.9. The van der Waals surface area contributed by atoms with Crippen LogP contribution in [-0.2, 0) is 110 Å². The van der Waals surface area contributed by atoms with Crippen molar-refractivity contribution in [1.82, 2.24) is 74.4 Å². The molecule has 4 aromatic carbocycles. The highest BCUT2D eigenvalue weighted by atomic mass is 16.4. The van der Waals surface area contributed by atoms with Crippen LogP contribution in [0, 0.1) is 23.2 Å². The van der Waals surface area contributed by atoms with Crippen LogP contribution in [0.4, 0.5) is 0 Å². The lowest BCUT2D eigenvalue weighted by Gasteiger charge is -2.33. The Hall–Kier alpha value is -13.2. The largest absolute Gasteiger partial charge is 0.508 e. The summed E-state index contributed by atoms with van der Waals surface area (Å²) in [4.78, 5) is 269. The third-order valence-corrected chi connectivity index (χ3v) is 20.4. The fraction of sp³-hybridized carbons (Fsp3) is 0.474. The van der Waals surface area contributed by atoms with Crippen LogP contribution < -0.4 is 85.9 Å². The van der Waals surface area contributed by atoms with Gasteiger partial charge in [0.25, 0.3) is 0 Å². The van der Waals surface area contributed by atoms with Crippen molar-refractivity contribution < 1.29 is 117 Å². The molecule has 3 fully saturated rings. The Morgan fingerprint density at radius 3 is 1.31 bits per heavy atom. The van der Waals surface area contributed by atoms with Gasteiger partial charge in [-0.1, -0.05) is 106 Å². The summed E-state index contributed by atoms with van der Waals surface area (Å²) < 4.78 is 0. The molecule has 3 aliphatic rings. The predicted octanol–water partition coefficient (Wildman–Crippen LogP) is -4.35. The van der Waals surface area contributed by atoms with E-state index in [2.05, 4.69) is 74.4 Å². The number of benzene rings is 4. The molecule has 40 heteroatoms. The third kappa shape index (κ3) is 27.2. The van der Waals surface area contributed by atoms with Crippen LogP contribution in [0.25, 0.3) is 10.8 Å². The molecule has 2 aliphatic heterocycles. The number of carbonyl (C=O) groups is 19. The van der Waals surface area contributed by atoms with Crippen LogP contribution in [0.2, 0.25) is 0 Å². The van der Waals surface area contributed by atoms with Crippen molar-refractivity contribution in [3.8, 4) is 5.75 Å². The number of primary amides is 2. The molecule has 40 nitrogen and oxygen atoms in total. The normalized spacial score (nSPS) is 26.9. The average Bonchev–Trinajstić information content (AvgIpc) is 1.63. The van der Waals surface area contributed by atoms with E-state index >= 15 is 14.4 Å². The molecule has 4 aromatic rings. The number of hydrogen-bond donors (Lipinski definition) is 21. The van der Waals surface area contributed by atoms with Gasteiger partial charge in [-0.05, 0) is 116 Å². The SMILES string of the molecule is CN[C@H]1CC2C3C[C@@H](C(N)=O)NC(=O)[C@H](C(C)(C)C)NC(=O)[C@H](CC(=O)O)NC(=O)[C@H](Cc4ccc(O)cc4)NC(=O)[C@H](Cc4ccccc4)NC(=O)[C@H](CC(=O)O)NC(=O)[C@H](CCC(=O)O)NC(=O)[C@@H](CC32)NC(=O)[C@@H](C)NC(=O)[C@H](Cc2cccc3ccccc23)NC(=O)[C@H](CCC(=O)O)NC(=O)[C@H](CC(N)=O)NC(=O)[C@@H](C)NC1=O. The predicted molar refractivity (Wildman–Crippen MR) is 414 cm³/mol. The highest BCUT2D eigenvalue weighted by molar-refractivity contribution is 6.02. The number of carbonyl (C=O) groups excluding carboxylic acids is 15. The molecule has 2 heterocycles. The zero-order chi connectivity index (χ0) is 87.2. The molecule has 2 bridgehead atoms. The lowest BCUT2D eigenvalue weighted by Crippen LogP contribution is -2.62. The van der Waals surface area contributed by atoms with Crippen molar-refractivity contribution in [1.29, 1.82) is 0 Å². The van der Waals surface area contributed by atoms with Gasteiger partial charge >= 0.3 is 23.9 Å². The maximum atomic E-state index is 15.5. The van der Waals surface area contributed by atoms with E-state index in [1.54, 1.807) is 60.7 Å². The Morgan fingerprint density at radius 2 is 0.805 bits per heavy atom. The van der Waals surface area contributed by atoms with Gasteiger partial charge in [-0.3, -0.25) is 91.1 Å². The summed E-state index contributed by atoms with van der Waals surface area (Å²) in [5.74, 6) is -28.1. The first-order chi connectivity index (χ1) is 55.6. The lowest BCUT2D eigenvalue weighted by atomic mass is 9.85. The molecule has 17 atom stereocenters. The Kier molecular flexibility index (Phi) is 32.7. The summed E-state index contributed by atoms with van der Waals surface area (Å²) in [6, 6.07) is -1.28. The standard InChI is InChI=1S/C78H100N16O24/c1-36-66(107)88-55(33-58(79)96)74(115)85-47(23-25-59(97)98)67(108)91-53(29-41-17-12-16-40-15-10-11-18-43(40)41)70(111)83-37(2)65(106)87-54-32-46-44(45(46)31-50(81-6)69(110)82-36)30-49(64(80)105)86-77(118)63(78(3,4)5)94-76(117)57(35-62(103)104)93-72(113)52(28-39-19-21-42(95)22-20-39)89-71(112)51(27-38-13-8-7-9-14-38)90-75(116)56(34-61(101)102)92-68(109)48(84-73(54)114)24-26-60(99)100/h7-22,36-37,44-57,63,81,95H,23-35H2,1-6H3,(H2,79,96)(H2,80,105)(H,82,110)(H,83,111)(H,84,114)(H,85,115)(H,86,118)(H,87,106)(H,88,107)(H,89,112)(H,90,116)(H,91,108)(H,92,109)(H,93,113)(H,94,117)(H,97,98)(H,99,100)(H,101,102)(H,103,104)/t36-,37-,44?,45?,46?,47+,48+,49+,50+,51+,52+,53+,54-,55+,56+,57+,63-/m1/s1. The topological polar surface area (TPSA) is 646 Å². The molecular weight excluding hydrogens is 1540 g/mol. The van der Waals surface area contributed by atoms with Crippen LogP contribution in [0.15, 0.2) is 97.1 Å². The van der Waals surface area contributed by atoms with Gasteiger partial charge in [-0.2, -0.15) is 0 Å². The van der Waals surface area contributed by atoms with E-state index in [9.17, 15) is 102 Å². The summed E-state index contributed by atoms with van der Waals surface area (Å²) in [6.07, 6.45) is -9.50. The van der Waals surface area contributed by atoms with Crippen LogP contribution in [0.3, 0.4) is 0 Å². The Morgan fingerprint density at radius 1 is 0.398 bits per heavy atom. The zero-order valence-corrected chi connectivity index (χ0v) is 65.4. The second-order valence-corrected chi connectivity index (χ2v) is 30.5. The first-order valence-corrected chi connectivity index (χ1v) is 37.9. The Balaban J connectivity index is 1.40. The number of aliphatic carboxylic acids is 4. The number of hydrogen-bond acceptors (Lipinski definition) is 21. The first kappa shape index (κ1) is 92.0. The minimum Gasteiger partial charge on any atom is -0.508 e. The van der Waals surface area contributed by atoms with Crippen molar-refractivity contribution >= 4 is 123 Å². The number of carboxylic acid groups (broad SMARTS) is 4. The van der Waals surface area contributed by atoms with E-state index in [1.165, 1.54) is 71.1 Å². The fourth-order valence-corrected chi connectivity index (χ4v) is 13.9. The second-order valence-electron chi connectivity index (χ2n) is 30.5. The molecular formula is C78H100N16O24. The van der Waals surface area contributed by atoms with E-state index in [0.29, 0.717) is 21.9 Å². The van der Waals surface area contributed by atoms with Gasteiger partial charge in [-0.25, -0.2) is 0 Å². The summed E-state index contributed by atoms with van der Waals surface area (Å²) in [5, 5.41) is 86.2. The monoisotopic (exact) mass is 1640 g/mol. The van der Waals surface area contributed by atoms with Crippen LogP contribution >= 0.6 is 0 Å². The van der Waals surface area contributed by atoms with E-state index < -0.39 is 297 Å². The van der Waals surface area contributed by atoms with Gasteiger partial charge in [0.05, 0.1) is 25.3 Å². The van der Waals surface area contributed by atoms with Crippen LogP contribution in [-0.4, -0.2) is 230 Å². The molecule has 0 spiro atoms. The van der Waals surface area contributed by atoms with Crippen molar-refractivity contribution in [2.24, 2.45) is 34.6 Å². The fourth-order valence-electron chi connectivity index (χ4n) is 13.9. The summed E-state index contributed by atoms with van der Waals surface area (Å²) in [5.41, 5.74) is 11.2. The minimum absolute atomic E-state index is 0.232. The Bertz CT molecular complexity index is 4460. The maximum Gasteiger partial charge on any atom is 0.305 e. The van der Waals surface area contributed by atoms with E-state index in [-0.39, 0.29) is 17.7 Å². The third-order valence-electron chi connectivity index (χ3n) is 20.4. The molecule has 3 unspecified atom stereocenters. The molecule has 15 amide bonds. The smallest absolute Gasteiger partial charge is 0.305 e. The van der Waals surface area contributed by atoms with Gasteiger partial charge in [0.1, 0.15) is 84.3 Å². The highest BCUT2D eigenvalue weighted by Crippen LogP contribution is 2.54. The zero-order valence-electron chi connectivity index (χ0n) is 65.4. The molecule has 118 heavy (non-hydrogen) atoms. The lowest BCUT2D eigenvalue weighted by molar-refractivity contribution is -0.142. The van der Waals surface area contributed by atoms with Gasteiger partial charge in [0.15, 0.2) is 0 Å². The summed E-state index contributed by atoms with van der Waals surface area (Å²) in [6.45, 7) is 6.67. The van der Waals surface area contributed by atoms with E-state index in [0.717, 1.165) is 6.92 Å². The number of nitrogens with one attached hydrogen (secondary N) is 14. The van der Waals surface area contributed by atoms with Crippen molar-refractivity contribution in [3.05, 3.63) is 114 Å². The Labute approximate surface area is 675 Å². The van der Waals surface area contributed by atoms with Gasteiger partial charge in [-0.15, -0.1) is 0 Å². The number of rotatable bonds is 20. The van der Waals surface area contributed by atoms with Crippen molar-refractivity contribution in [2.75, 3.05) is 7.05 Å². The molecule has 7 rings (SSSR count). The highest BCUT2D eigenvalue weighted by Gasteiger charge is 2.54. The molecule has 0 radical (unpaired) electrons. The van der Waals surface area contributed by atoms with Crippen LogP contribution in [0.1, 0.15) is 116 Å². The average molecular weight is 1650 g/mol. The molecule has 0 aromatic heterocycles. The number of phenols is 1. The molecule has 23 N–H and O–H groups in total. The van der Waals surface area contributed by atoms with E-state index in [1.807, 2.05) is 0 Å². The number of fused-ring (bicyclic) bond motifs is 3. The number of amides is 15. The molecule has 636 valence electrons. The number of aromatic hydroxyl groups is 1. The van der Waals surface area contributed by atoms with E-state index in [4.69, 9.17) is 11.5 Å². The molecule has 2 saturated heterocycles. The number of nitrogens with two attached hydrogens (primary N) is 2. The number of likely N-dealkylation sites (N-methyl/N-ethyl adjacent to an activating group) is 1.